The van der Waals surface area contributed by atoms with Crippen LogP contribution in [0, 0.1) is 6.92 Å². The monoisotopic (exact) mass is 635 g/mol. The Hall–Kier alpha value is -5.05. The molecular weight excluding hydrogens is 606 g/mol. The van der Waals surface area contributed by atoms with E-state index < -0.39 is 11.8 Å². The van der Waals surface area contributed by atoms with Gasteiger partial charge < -0.3 is 20.4 Å². The first-order valence-corrected chi connectivity index (χ1v) is 15.4. The fourth-order valence-corrected chi connectivity index (χ4v) is 5.35. The fraction of sp³-hybridized carbons (Fsp3) is 0.0833. The van der Waals surface area contributed by atoms with Gasteiger partial charge >= 0.3 is 0 Å². The average Bonchev–Trinajstić information content (AvgIpc) is 3.52. The molecule has 9 heteroatoms. The second kappa shape index (κ2) is 14.6. The Balaban J connectivity index is 1.28. The molecule has 0 radical (unpaired) electrons. The molecule has 226 valence electrons. The first kappa shape index (κ1) is 31.4. The van der Waals surface area contributed by atoms with Crippen LogP contribution < -0.4 is 16.0 Å². The van der Waals surface area contributed by atoms with E-state index in [0.29, 0.717) is 33.5 Å². The lowest BCUT2D eigenvalue weighted by molar-refractivity contribution is -0.115. The van der Waals surface area contributed by atoms with E-state index in [4.69, 9.17) is 16.0 Å². The first-order valence-electron chi connectivity index (χ1n) is 14.1. The molecule has 1 aromatic heterocycles. The number of nitrogens with one attached hydrogen (secondary N) is 3. The van der Waals surface area contributed by atoms with E-state index in [1.54, 1.807) is 54.6 Å². The van der Waals surface area contributed by atoms with Crippen LogP contribution in [0.25, 0.3) is 17.4 Å². The number of carbonyl (C=O) groups excluding carboxylic acids is 3. The summed E-state index contributed by atoms with van der Waals surface area (Å²) in [6.07, 6.45) is 1.49. The number of aryl methyl sites for hydroxylation is 1. The van der Waals surface area contributed by atoms with E-state index in [9.17, 15) is 14.4 Å². The molecule has 0 bridgehead atoms. The van der Waals surface area contributed by atoms with Gasteiger partial charge in [0.25, 0.3) is 11.8 Å². The van der Waals surface area contributed by atoms with Crippen LogP contribution in [0.2, 0.25) is 5.02 Å². The summed E-state index contributed by atoms with van der Waals surface area (Å²) in [4.78, 5) is 40.1. The highest BCUT2D eigenvalue weighted by Gasteiger charge is 2.18. The molecule has 1 heterocycles. The van der Waals surface area contributed by atoms with Crippen molar-refractivity contribution in [3.05, 3.63) is 143 Å². The van der Waals surface area contributed by atoms with Gasteiger partial charge in [-0.05, 0) is 80.1 Å². The predicted octanol–water partition coefficient (Wildman–Crippen LogP) is 8.44. The van der Waals surface area contributed by atoms with Crippen LogP contribution in [-0.2, 0) is 9.59 Å². The van der Waals surface area contributed by atoms with Gasteiger partial charge in [-0.2, -0.15) is 0 Å². The van der Waals surface area contributed by atoms with Gasteiger partial charge in [0.1, 0.15) is 17.2 Å². The van der Waals surface area contributed by atoms with Crippen LogP contribution in [0.5, 0.6) is 0 Å². The quantitative estimate of drug-likeness (QED) is 0.106. The number of halogens is 1. The predicted molar refractivity (Wildman–Crippen MR) is 181 cm³/mol. The molecule has 0 saturated heterocycles. The van der Waals surface area contributed by atoms with E-state index in [1.165, 1.54) is 17.8 Å². The van der Waals surface area contributed by atoms with Crippen molar-refractivity contribution in [3.63, 3.8) is 0 Å². The highest BCUT2D eigenvalue weighted by Crippen LogP contribution is 2.28. The molecule has 5 aromatic rings. The molecule has 5 rings (SSSR count). The van der Waals surface area contributed by atoms with Gasteiger partial charge in [0.15, 0.2) is 0 Å². The van der Waals surface area contributed by atoms with Crippen molar-refractivity contribution in [2.75, 3.05) is 10.6 Å². The van der Waals surface area contributed by atoms with Crippen molar-refractivity contribution in [1.82, 2.24) is 5.32 Å². The molecule has 3 amide bonds. The number of carbonyl (C=O) groups is 3. The van der Waals surface area contributed by atoms with Crippen LogP contribution >= 0.6 is 23.4 Å². The zero-order chi connectivity index (χ0) is 31.8. The van der Waals surface area contributed by atoms with Crippen molar-refractivity contribution < 1.29 is 18.8 Å². The smallest absolute Gasteiger partial charge is 0.272 e. The maximum Gasteiger partial charge on any atom is 0.272 e. The Labute approximate surface area is 270 Å². The fourth-order valence-electron chi connectivity index (χ4n) is 4.31. The van der Waals surface area contributed by atoms with E-state index in [-0.39, 0.29) is 16.9 Å². The van der Waals surface area contributed by atoms with E-state index >= 15 is 0 Å². The molecule has 3 N–H and O–H groups in total. The normalized spacial score (nSPS) is 11.8. The van der Waals surface area contributed by atoms with Gasteiger partial charge in [0.05, 0.1) is 5.25 Å². The number of hydrogen-bond donors (Lipinski definition) is 3. The molecular formula is C36H30ClN3O4S. The van der Waals surface area contributed by atoms with Crippen molar-refractivity contribution in [3.8, 4) is 11.3 Å². The molecule has 1 atom stereocenters. The molecule has 4 aromatic carbocycles. The number of anilines is 2. The zero-order valence-electron chi connectivity index (χ0n) is 24.5. The van der Waals surface area contributed by atoms with Gasteiger partial charge in [-0.25, -0.2) is 0 Å². The third-order valence-electron chi connectivity index (χ3n) is 6.75. The van der Waals surface area contributed by atoms with Gasteiger partial charge in [0, 0.05) is 38.5 Å². The summed E-state index contributed by atoms with van der Waals surface area (Å²) in [5, 5.41) is 8.65. The Bertz CT molecular complexity index is 1840. The van der Waals surface area contributed by atoms with Gasteiger partial charge in [-0.3, -0.25) is 14.4 Å². The van der Waals surface area contributed by atoms with Crippen molar-refractivity contribution in [2.24, 2.45) is 0 Å². The summed E-state index contributed by atoms with van der Waals surface area (Å²) in [7, 11) is 0. The maximum atomic E-state index is 13.4. The second-order valence-corrected chi connectivity index (χ2v) is 12.0. The Morgan fingerprint density at radius 2 is 1.51 bits per heavy atom. The Morgan fingerprint density at radius 3 is 2.22 bits per heavy atom. The minimum absolute atomic E-state index is 0.0119. The van der Waals surface area contributed by atoms with Crippen molar-refractivity contribution in [1.29, 1.82) is 0 Å². The molecule has 45 heavy (non-hydrogen) atoms. The minimum Gasteiger partial charge on any atom is -0.457 e. The standard InChI is InChI=1S/C36H30ClN3O4S/c1-23-13-14-27(37)21-31(23)39-34(41)24(2)45-30-18-15-28(16-19-30)38-36(43)32(40-35(42)26-11-7-4-8-12-26)22-29-17-20-33(44-29)25-9-5-3-6-10-25/h3-22,24H,1-2H3,(H,38,43)(H,39,41)(H,40,42)/b32-22-/t24-/m0/s1. The number of amides is 3. The topological polar surface area (TPSA) is 100 Å². The van der Waals surface area contributed by atoms with E-state index in [0.717, 1.165) is 16.0 Å². The van der Waals surface area contributed by atoms with Crippen LogP contribution in [0.3, 0.4) is 0 Å². The van der Waals surface area contributed by atoms with Gasteiger partial charge in [0.2, 0.25) is 5.91 Å². The summed E-state index contributed by atoms with van der Waals surface area (Å²) in [6, 6.07) is 34.2. The molecule has 0 fully saturated rings. The average molecular weight is 636 g/mol. The highest BCUT2D eigenvalue weighted by molar-refractivity contribution is 8.00. The van der Waals surface area contributed by atoms with E-state index in [1.807, 2.05) is 74.5 Å². The third-order valence-corrected chi connectivity index (χ3v) is 8.10. The number of rotatable bonds is 10. The van der Waals surface area contributed by atoms with Crippen molar-refractivity contribution >= 4 is 58.5 Å². The molecule has 0 aliphatic heterocycles. The highest BCUT2D eigenvalue weighted by atomic mass is 35.5. The third kappa shape index (κ3) is 8.53. The number of hydrogen-bond acceptors (Lipinski definition) is 5. The second-order valence-electron chi connectivity index (χ2n) is 10.1. The van der Waals surface area contributed by atoms with Crippen LogP contribution in [0.15, 0.2) is 130 Å². The summed E-state index contributed by atoms with van der Waals surface area (Å²) < 4.78 is 5.96. The van der Waals surface area contributed by atoms with Crippen LogP contribution in [0.1, 0.15) is 28.6 Å². The number of benzene rings is 4. The first-order chi connectivity index (χ1) is 21.7. The van der Waals surface area contributed by atoms with Crippen molar-refractivity contribution in [2.45, 2.75) is 24.0 Å². The summed E-state index contributed by atoms with van der Waals surface area (Å²) in [5.74, 6) is -0.0742. The maximum absolute atomic E-state index is 13.4. The van der Waals surface area contributed by atoms with Gasteiger partial charge in [-0.15, -0.1) is 11.8 Å². The van der Waals surface area contributed by atoms with Crippen LogP contribution in [-0.4, -0.2) is 23.0 Å². The molecule has 0 aliphatic rings. The summed E-state index contributed by atoms with van der Waals surface area (Å²) >= 11 is 7.47. The lowest BCUT2D eigenvalue weighted by Crippen LogP contribution is -2.30. The zero-order valence-corrected chi connectivity index (χ0v) is 26.1. The molecule has 0 unspecified atom stereocenters. The molecule has 0 saturated carbocycles. The SMILES string of the molecule is Cc1ccc(Cl)cc1NC(=O)[C@H](C)Sc1ccc(NC(=O)/C(=C/c2ccc(-c3ccccc3)o2)NC(=O)c2ccccc2)cc1. The summed E-state index contributed by atoms with van der Waals surface area (Å²) in [5.41, 5.74) is 3.42. The molecule has 0 spiro atoms. The number of furan rings is 1. The van der Waals surface area contributed by atoms with Crippen LogP contribution in [0.4, 0.5) is 11.4 Å². The van der Waals surface area contributed by atoms with E-state index in [2.05, 4.69) is 16.0 Å². The minimum atomic E-state index is -0.526. The lowest BCUT2D eigenvalue weighted by Gasteiger charge is -2.14. The molecule has 7 nitrogen and oxygen atoms in total. The largest absolute Gasteiger partial charge is 0.457 e. The summed E-state index contributed by atoms with van der Waals surface area (Å²) in [6.45, 7) is 3.72. The lowest BCUT2D eigenvalue weighted by atomic mass is 10.2. The van der Waals surface area contributed by atoms with Gasteiger partial charge in [-0.1, -0.05) is 66.2 Å². The Kier molecular flexibility index (Phi) is 10.2. The Morgan fingerprint density at radius 1 is 0.822 bits per heavy atom. The molecule has 0 aliphatic carbocycles. The number of thioether (sulfide) groups is 1.